The zero-order valence-corrected chi connectivity index (χ0v) is 15.8. The van der Waals surface area contributed by atoms with Gasteiger partial charge in [0.1, 0.15) is 5.75 Å². The zero-order chi connectivity index (χ0) is 20.3. The Labute approximate surface area is 162 Å². The molecule has 1 heterocycles. The van der Waals surface area contributed by atoms with Crippen LogP contribution in [-0.2, 0) is 9.59 Å². The van der Waals surface area contributed by atoms with E-state index >= 15 is 0 Å². The number of para-hydroxylation sites is 2. The van der Waals surface area contributed by atoms with Crippen molar-refractivity contribution in [2.24, 2.45) is 5.92 Å². The highest BCUT2D eigenvalue weighted by molar-refractivity contribution is 6.04. The van der Waals surface area contributed by atoms with E-state index in [4.69, 9.17) is 4.74 Å². The summed E-state index contributed by atoms with van der Waals surface area (Å²) in [6.45, 7) is 4.28. The van der Waals surface area contributed by atoms with E-state index in [0.29, 0.717) is 29.3 Å². The van der Waals surface area contributed by atoms with Crippen LogP contribution >= 0.6 is 0 Å². The predicted octanol–water partition coefficient (Wildman–Crippen LogP) is 3.08. The van der Waals surface area contributed by atoms with Crippen LogP contribution in [0.2, 0.25) is 0 Å². The van der Waals surface area contributed by atoms with Gasteiger partial charge < -0.3 is 20.1 Å². The van der Waals surface area contributed by atoms with E-state index in [9.17, 15) is 19.5 Å². The standard InChI is InChI=1S/C21H22N2O5/c1-3-28-18-7-5-4-6-17(18)23-12-14(10-19(23)24)20(25)22-15-9-8-13(2)16(11-15)21(26)27/h4-9,11,14H,3,10,12H2,1-2H3,(H,22,25)(H,26,27). The molecule has 0 radical (unpaired) electrons. The molecular formula is C21H22N2O5. The van der Waals surface area contributed by atoms with Crippen molar-refractivity contribution in [1.82, 2.24) is 0 Å². The van der Waals surface area contributed by atoms with E-state index in [2.05, 4.69) is 5.32 Å². The van der Waals surface area contributed by atoms with Crippen LogP contribution in [0.4, 0.5) is 11.4 Å². The second kappa shape index (κ2) is 8.12. The number of benzene rings is 2. The average molecular weight is 382 g/mol. The van der Waals surface area contributed by atoms with Crippen molar-refractivity contribution < 1.29 is 24.2 Å². The van der Waals surface area contributed by atoms with Crippen LogP contribution in [0, 0.1) is 12.8 Å². The first-order chi connectivity index (χ1) is 13.4. The minimum Gasteiger partial charge on any atom is -0.492 e. The Hall–Kier alpha value is -3.35. The zero-order valence-electron chi connectivity index (χ0n) is 15.8. The fourth-order valence-corrected chi connectivity index (χ4v) is 3.25. The van der Waals surface area contributed by atoms with Gasteiger partial charge in [-0.1, -0.05) is 18.2 Å². The number of nitrogens with zero attached hydrogens (tertiary/aromatic N) is 1. The molecule has 0 aliphatic carbocycles. The van der Waals surface area contributed by atoms with Crippen LogP contribution in [-0.4, -0.2) is 36.0 Å². The highest BCUT2D eigenvalue weighted by atomic mass is 16.5. The number of carboxylic acids is 1. The number of carbonyl (C=O) groups is 3. The Bertz CT molecular complexity index is 925. The van der Waals surface area contributed by atoms with Gasteiger partial charge in [0.25, 0.3) is 0 Å². The lowest BCUT2D eigenvalue weighted by atomic mass is 10.1. The Kier molecular flexibility index (Phi) is 5.63. The molecule has 2 aromatic rings. The SMILES string of the molecule is CCOc1ccccc1N1CC(C(=O)Nc2ccc(C)c(C(=O)O)c2)CC1=O. The predicted molar refractivity (Wildman–Crippen MR) is 105 cm³/mol. The summed E-state index contributed by atoms with van der Waals surface area (Å²) in [5.74, 6) is -1.45. The lowest BCUT2D eigenvalue weighted by Gasteiger charge is -2.20. The lowest BCUT2D eigenvalue weighted by Crippen LogP contribution is -2.28. The van der Waals surface area contributed by atoms with Crippen LogP contribution in [0.3, 0.4) is 0 Å². The fourth-order valence-electron chi connectivity index (χ4n) is 3.25. The third kappa shape index (κ3) is 3.98. The lowest BCUT2D eigenvalue weighted by molar-refractivity contribution is -0.122. The number of rotatable bonds is 6. The van der Waals surface area contributed by atoms with Gasteiger partial charge in [0.05, 0.1) is 23.8 Å². The number of carboxylic acid groups (broad SMARTS) is 1. The Morgan fingerprint density at radius 1 is 1.25 bits per heavy atom. The van der Waals surface area contributed by atoms with Crippen molar-refractivity contribution in [3.8, 4) is 5.75 Å². The van der Waals surface area contributed by atoms with Gasteiger partial charge in [-0.25, -0.2) is 4.79 Å². The summed E-state index contributed by atoms with van der Waals surface area (Å²) >= 11 is 0. The summed E-state index contributed by atoms with van der Waals surface area (Å²) in [4.78, 5) is 38.0. The molecule has 146 valence electrons. The molecule has 2 aromatic carbocycles. The number of amides is 2. The number of nitrogens with one attached hydrogen (secondary N) is 1. The first-order valence-corrected chi connectivity index (χ1v) is 9.07. The largest absolute Gasteiger partial charge is 0.492 e. The number of ether oxygens (including phenoxy) is 1. The molecule has 1 fully saturated rings. The fraction of sp³-hybridized carbons (Fsp3) is 0.286. The van der Waals surface area contributed by atoms with Gasteiger partial charge in [-0.2, -0.15) is 0 Å². The Morgan fingerprint density at radius 2 is 2.00 bits per heavy atom. The van der Waals surface area contributed by atoms with Crippen molar-refractivity contribution >= 4 is 29.2 Å². The minimum absolute atomic E-state index is 0.0872. The molecule has 0 spiro atoms. The van der Waals surface area contributed by atoms with Gasteiger partial charge in [-0.3, -0.25) is 9.59 Å². The molecule has 3 rings (SSSR count). The second-order valence-electron chi connectivity index (χ2n) is 6.63. The van der Waals surface area contributed by atoms with Crippen molar-refractivity contribution in [2.45, 2.75) is 20.3 Å². The molecule has 1 atom stereocenters. The van der Waals surface area contributed by atoms with E-state index < -0.39 is 11.9 Å². The monoisotopic (exact) mass is 382 g/mol. The van der Waals surface area contributed by atoms with E-state index in [1.165, 1.54) is 6.07 Å². The van der Waals surface area contributed by atoms with Gasteiger partial charge in [0.2, 0.25) is 11.8 Å². The third-order valence-corrected chi connectivity index (χ3v) is 4.69. The third-order valence-electron chi connectivity index (χ3n) is 4.69. The molecule has 28 heavy (non-hydrogen) atoms. The summed E-state index contributed by atoms with van der Waals surface area (Å²) in [6, 6.07) is 12.0. The molecule has 0 saturated carbocycles. The smallest absolute Gasteiger partial charge is 0.336 e. The summed E-state index contributed by atoms with van der Waals surface area (Å²) < 4.78 is 5.59. The van der Waals surface area contributed by atoms with E-state index in [-0.39, 0.29) is 30.3 Å². The average Bonchev–Trinajstić information content (AvgIpc) is 3.05. The molecule has 1 aliphatic heterocycles. The summed E-state index contributed by atoms with van der Waals surface area (Å²) in [7, 11) is 0. The van der Waals surface area contributed by atoms with Crippen LogP contribution in [0.5, 0.6) is 5.75 Å². The van der Waals surface area contributed by atoms with Crippen molar-refractivity contribution in [1.29, 1.82) is 0 Å². The highest BCUT2D eigenvalue weighted by Crippen LogP contribution is 2.33. The number of hydrogen-bond donors (Lipinski definition) is 2. The van der Waals surface area contributed by atoms with Crippen LogP contribution in [0.25, 0.3) is 0 Å². The van der Waals surface area contributed by atoms with Gasteiger partial charge >= 0.3 is 5.97 Å². The minimum atomic E-state index is -1.05. The first-order valence-electron chi connectivity index (χ1n) is 9.07. The van der Waals surface area contributed by atoms with E-state index in [0.717, 1.165) is 0 Å². The molecular weight excluding hydrogens is 360 g/mol. The second-order valence-corrected chi connectivity index (χ2v) is 6.63. The molecule has 0 bridgehead atoms. The summed E-state index contributed by atoms with van der Waals surface area (Å²) in [5.41, 5.74) is 1.79. The Morgan fingerprint density at radius 3 is 2.71 bits per heavy atom. The molecule has 0 aromatic heterocycles. The maximum absolute atomic E-state index is 12.6. The molecule has 1 aliphatic rings. The van der Waals surface area contributed by atoms with Crippen LogP contribution < -0.4 is 15.0 Å². The van der Waals surface area contributed by atoms with Gasteiger partial charge in [-0.05, 0) is 43.7 Å². The topological polar surface area (TPSA) is 95.9 Å². The van der Waals surface area contributed by atoms with Crippen LogP contribution in [0.1, 0.15) is 29.3 Å². The number of hydrogen-bond acceptors (Lipinski definition) is 4. The van der Waals surface area contributed by atoms with E-state index in [1.807, 2.05) is 19.1 Å². The molecule has 1 unspecified atom stereocenters. The van der Waals surface area contributed by atoms with Gasteiger partial charge in [0, 0.05) is 18.7 Å². The molecule has 1 saturated heterocycles. The molecule has 7 nitrogen and oxygen atoms in total. The van der Waals surface area contributed by atoms with Crippen molar-refractivity contribution in [3.63, 3.8) is 0 Å². The maximum Gasteiger partial charge on any atom is 0.336 e. The number of anilines is 2. The molecule has 2 amide bonds. The van der Waals surface area contributed by atoms with Crippen molar-refractivity contribution in [2.75, 3.05) is 23.4 Å². The van der Waals surface area contributed by atoms with Gasteiger partial charge in [-0.15, -0.1) is 0 Å². The molecule has 7 heteroatoms. The number of aromatic carboxylic acids is 1. The van der Waals surface area contributed by atoms with Gasteiger partial charge in [0.15, 0.2) is 0 Å². The summed E-state index contributed by atoms with van der Waals surface area (Å²) in [5, 5.41) is 12.0. The highest BCUT2D eigenvalue weighted by Gasteiger charge is 2.36. The first kappa shape index (κ1) is 19.4. The number of aryl methyl sites for hydroxylation is 1. The van der Waals surface area contributed by atoms with E-state index in [1.54, 1.807) is 36.1 Å². The van der Waals surface area contributed by atoms with Crippen LogP contribution in [0.15, 0.2) is 42.5 Å². The van der Waals surface area contributed by atoms with Crippen molar-refractivity contribution in [3.05, 3.63) is 53.6 Å². The maximum atomic E-state index is 12.6. The quantitative estimate of drug-likeness (QED) is 0.800. The number of carbonyl (C=O) groups excluding carboxylic acids is 2. The normalized spacial score (nSPS) is 16.1. The summed E-state index contributed by atoms with van der Waals surface area (Å²) in [6.07, 6.45) is 0.0872. The Balaban J connectivity index is 1.74. The molecule has 2 N–H and O–H groups in total.